The molecule has 0 amide bonds. The molecule has 0 saturated heterocycles. The maximum absolute atomic E-state index is 13.5. The molecule has 0 aliphatic heterocycles. The van der Waals surface area contributed by atoms with E-state index in [0.29, 0.717) is 12.4 Å². The van der Waals surface area contributed by atoms with Gasteiger partial charge in [-0.2, -0.15) is 0 Å². The van der Waals surface area contributed by atoms with Crippen LogP contribution in [0.4, 0.5) is 4.39 Å². The van der Waals surface area contributed by atoms with Crippen LogP contribution in [0.5, 0.6) is 5.75 Å². The highest BCUT2D eigenvalue weighted by Gasteiger charge is 2.10. The molecule has 0 atom stereocenters. The molecule has 26 heavy (non-hydrogen) atoms. The Labute approximate surface area is 163 Å². The van der Waals surface area contributed by atoms with Crippen LogP contribution in [0.1, 0.15) is 94.3 Å². The summed E-state index contributed by atoms with van der Waals surface area (Å²) in [6.45, 7) is 2.79. The lowest BCUT2D eigenvalue weighted by molar-refractivity contribution is 0.0692. The predicted molar refractivity (Wildman–Crippen MR) is 107 cm³/mol. The highest BCUT2D eigenvalue weighted by Crippen LogP contribution is 2.17. The fraction of sp³-hybridized carbons (Fsp3) is 0.667. The second-order valence-corrected chi connectivity index (χ2v) is 6.68. The lowest BCUT2D eigenvalue weighted by Gasteiger charge is -2.07. The summed E-state index contributed by atoms with van der Waals surface area (Å²) in [5.41, 5.74) is -0.322. The Hall–Kier alpha value is -1.29. The van der Waals surface area contributed by atoms with Crippen molar-refractivity contribution in [1.29, 1.82) is 0 Å². The first-order valence-electron chi connectivity index (χ1n) is 9.80. The van der Waals surface area contributed by atoms with E-state index in [-0.39, 0.29) is 18.0 Å². The van der Waals surface area contributed by atoms with Gasteiger partial charge in [-0.25, -0.2) is 9.18 Å². The van der Waals surface area contributed by atoms with E-state index in [1.54, 1.807) is 0 Å². The smallest absolute Gasteiger partial charge is 0.338 e. The van der Waals surface area contributed by atoms with Gasteiger partial charge in [0.15, 0.2) is 0 Å². The molecule has 0 aliphatic rings. The van der Waals surface area contributed by atoms with Crippen LogP contribution in [0, 0.1) is 5.82 Å². The highest BCUT2D eigenvalue weighted by molar-refractivity contribution is 5.88. The number of carboxylic acid groups (broad SMARTS) is 1. The van der Waals surface area contributed by atoms with E-state index in [4.69, 9.17) is 9.84 Å². The molecule has 5 heteroatoms. The largest absolute Gasteiger partial charge is 0.493 e. The van der Waals surface area contributed by atoms with E-state index in [2.05, 4.69) is 6.92 Å². The molecule has 0 heterocycles. The van der Waals surface area contributed by atoms with Gasteiger partial charge in [-0.1, -0.05) is 77.6 Å². The van der Waals surface area contributed by atoms with Gasteiger partial charge in [-0.3, -0.25) is 0 Å². The summed E-state index contributed by atoms with van der Waals surface area (Å²) in [5.74, 6) is -1.62. The molecule has 0 saturated carbocycles. The van der Waals surface area contributed by atoms with Crippen LogP contribution in [0.15, 0.2) is 18.2 Å². The zero-order valence-corrected chi connectivity index (χ0v) is 16.8. The van der Waals surface area contributed by atoms with Gasteiger partial charge < -0.3 is 9.84 Å². The molecule has 0 bridgehead atoms. The molecular formula is C21H34ClFO3. The fourth-order valence-electron chi connectivity index (χ4n) is 2.89. The maximum atomic E-state index is 13.5. The van der Waals surface area contributed by atoms with Crippen LogP contribution in [0.3, 0.4) is 0 Å². The SMILES string of the molecule is CCCCCCCCCCCCCCOc1ccc(C(=O)O)c(F)c1.Cl. The topological polar surface area (TPSA) is 46.5 Å². The van der Waals surface area contributed by atoms with Gasteiger partial charge in [-0.15, -0.1) is 12.4 Å². The molecule has 1 aromatic rings. The Bertz CT molecular complexity index is 494. The first-order chi connectivity index (χ1) is 12.1. The van der Waals surface area contributed by atoms with E-state index in [1.807, 2.05) is 0 Å². The summed E-state index contributed by atoms with van der Waals surface area (Å²) in [7, 11) is 0. The second kappa shape index (κ2) is 15.9. The van der Waals surface area contributed by atoms with Gasteiger partial charge in [0.1, 0.15) is 11.6 Å². The highest BCUT2D eigenvalue weighted by atomic mass is 35.5. The van der Waals surface area contributed by atoms with Gasteiger partial charge in [0.05, 0.1) is 12.2 Å². The number of carbonyl (C=O) groups is 1. The lowest BCUT2D eigenvalue weighted by atomic mass is 10.1. The number of benzene rings is 1. The average molecular weight is 389 g/mol. The summed E-state index contributed by atoms with van der Waals surface area (Å²) in [4.78, 5) is 10.7. The summed E-state index contributed by atoms with van der Waals surface area (Å²) >= 11 is 0. The first-order valence-corrected chi connectivity index (χ1v) is 9.80. The third-order valence-electron chi connectivity index (χ3n) is 4.44. The Kier molecular flexibility index (Phi) is 15.1. The van der Waals surface area contributed by atoms with E-state index >= 15 is 0 Å². The molecule has 0 fully saturated rings. The number of rotatable bonds is 15. The van der Waals surface area contributed by atoms with E-state index in [0.717, 1.165) is 18.9 Å². The van der Waals surface area contributed by atoms with Gasteiger partial charge in [0.25, 0.3) is 0 Å². The first kappa shape index (κ1) is 24.7. The Morgan fingerprint density at radius 2 is 1.42 bits per heavy atom. The number of halogens is 2. The minimum absolute atomic E-state index is 0. The van der Waals surface area contributed by atoms with E-state index < -0.39 is 11.8 Å². The van der Waals surface area contributed by atoms with Crippen molar-refractivity contribution in [1.82, 2.24) is 0 Å². The maximum Gasteiger partial charge on any atom is 0.338 e. The zero-order valence-electron chi connectivity index (χ0n) is 16.0. The normalized spacial score (nSPS) is 10.4. The van der Waals surface area contributed by atoms with Gasteiger partial charge in [0.2, 0.25) is 0 Å². The molecule has 0 aromatic heterocycles. The van der Waals surface area contributed by atoms with Gasteiger partial charge >= 0.3 is 5.97 Å². The lowest BCUT2D eigenvalue weighted by Crippen LogP contribution is -2.02. The molecule has 1 aromatic carbocycles. The Morgan fingerprint density at radius 3 is 1.88 bits per heavy atom. The minimum Gasteiger partial charge on any atom is -0.493 e. The van der Waals surface area contributed by atoms with Crippen molar-refractivity contribution >= 4 is 18.4 Å². The average Bonchev–Trinajstić information content (AvgIpc) is 2.58. The number of aromatic carboxylic acids is 1. The molecule has 0 aliphatic carbocycles. The van der Waals surface area contributed by atoms with E-state index in [9.17, 15) is 9.18 Å². The number of ether oxygens (including phenoxy) is 1. The van der Waals surface area contributed by atoms with Crippen LogP contribution in [0.25, 0.3) is 0 Å². The van der Waals surface area contributed by atoms with Crippen LogP contribution < -0.4 is 4.74 Å². The summed E-state index contributed by atoms with van der Waals surface area (Å²) in [6, 6.07) is 3.90. The number of hydrogen-bond acceptors (Lipinski definition) is 2. The number of unbranched alkanes of at least 4 members (excludes halogenated alkanes) is 11. The molecule has 0 radical (unpaired) electrons. The molecule has 0 spiro atoms. The zero-order chi connectivity index (χ0) is 18.3. The third-order valence-corrected chi connectivity index (χ3v) is 4.44. The van der Waals surface area contributed by atoms with Crippen molar-refractivity contribution < 1.29 is 19.0 Å². The molecule has 150 valence electrons. The molecular weight excluding hydrogens is 355 g/mol. The van der Waals surface area contributed by atoms with Crippen LogP contribution in [-0.2, 0) is 0 Å². The quantitative estimate of drug-likeness (QED) is 0.328. The molecule has 1 rings (SSSR count). The van der Waals surface area contributed by atoms with Crippen LogP contribution in [-0.4, -0.2) is 17.7 Å². The van der Waals surface area contributed by atoms with Crippen molar-refractivity contribution in [3.8, 4) is 5.75 Å². The molecule has 3 nitrogen and oxygen atoms in total. The monoisotopic (exact) mass is 388 g/mol. The number of hydrogen-bond donors (Lipinski definition) is 1. The molecule has 0 unspecified atom stereocenters. The second-order valence-electron chi connectivity index (χ2n) is 6.68. The minimum atomic E-state index is -1.26. The predicted octanol–water partition coefficient (Wildman–Crippen LogP) is 7.03. The van der Waals surface area contributed by atoms with Crippen molar-refractivity contribution in [2.75, 3.05) is 6.61 Å². The van der Waals surface area contributed by atoms with Crippen molar-refractivity contribution in [2.24, 2.45) is 0 Å². The van der Waals surface area contributed by atoms with Crippen LogP contribution >= 0.6 is 12.4 Å². The Morgan fingerprint density at radius 1 is 0.923 bits per heavy atom. The fourth-order valence-corrected chi connectivity index (χ4v) is 2.89. The number of carboxylic acids is 1. The Balaban J connectivity index is 0.00000625. The summed E-state index contributed by atoms with van der Waals surface area (Å²) in [6.07, 6.45) is 15.4. The summed E-state index contributed by atoms with van der Waals surface area (Å²) < 4.78 is 19.0. The van der Waals surface area contributed by atoms with Crippen molar-refractivity contribution in [2.45, 2.75) is 84.0 Å². The van der Waals surface area contributed by atoms with Gasteiger partial charge in [0, 0.05) is 6.07 Å². The molecule has 1 N–H and O–H groups in total. The van der Waals surface area contributed by atoms with Crippen molar-refractivity contribution in [3.05, 3.63) is 29.6 Å². The van der Waals surface area contributed by atoms with Gasteiger partial charge in [-0.05, 0) is 18.6 Å². The van der Waals surface area contributed by atoms with Crippen LogP contribution in [0.2, 0.25) is 0 Å². The van der Waals surface area contributed by atoms with E-state index in [1.165, 1.54) is 76.3 Å². The standard InChI is InChI=1S/C21H33FO3.ClH/c1-2-3-4-5-6-7-8-9-10-11-12-13-16-25-18-14-15-19(21(23)24)20(22)17-18;/h14-15,17H,2-13,16H2,1H3,(H,23,24);1H. The summed E-state index contributed by atoms with van der Waals surface area (Å²) in [5, 5.41) is 8.77. The van der Waals surface area contributed by atoms with Crippen molar-refractivity contribution in [3.63, 3.8) is 0 Å². The third kappa shape index (κ3) is 11.3.